The van der Waals surface area contributed by atoms with Crippen molar-refractivity contribution < 1.29 is 9.47 Å². The van der Waals surface area contributed by atoms with Gasteiger partial charge in [0.1, 0.15) is 11.9 Å². The molecule has 3 rings (SSSR count). The maximum absolute atomic E-state index is 7.91. The normalized spacial score (nSPS) is 25.3. The number of amidine groups is 1. The van der Waals surface area contributed by atoms with Gasteiger partial charge in [-0.25, -0.2) is 0 Å². The van der Waals surface area contributed by atoms with Crippen molar-refractivity contribution in [2.24, 2.45) is 0 Å². The monoisotopic (exact) mass is 326 g/mol. The molecule has 0 amide bonds. The maximum atomic E-state index is 7.91. The van der Waals surface area contributed by atoms with Gasteiger partial charge in [-0.05, 0) is 37.0 Å². The fraction of sp³-hybridized carbons (Fsp3) is 0.500. The molecular formula is C14H19BrN2O2. The van der Waals surface area contributed by atoms with Crippen molar-refractivity contribution in [1.82, 2.24) is 4.90 Å². The molecule has 2 aliphatic rings. The predicted molar refractivity (Wildman–Crippen MR) is 79.2 cm³/mol. The van der Waals surface area contributed by atoms with Crippen molar-refractivity contribution in [1.29, 1.82) is 5.41 Å². The summed E-state index contributed by atoms with van der Waals surface area (Å²) in [6, 6.07) is 8.64. The van der Waals surface area contributed by atoms with Crippen LogP contribution in [0, 0.1) is 5.41 Å². The van der Waals surface area contributed by atoms with Crippen LogP contribution in [0.25, 0.3) is 0 Å². The van der Waals surface area contributed by atoms with E-state index in [4.69, 9.17) is 14.9 Å². The largest absolute Gasteiger partial charge is 0.497 e. The Labute approximate surface area is 124 Å². The van der Waals surface area contributed by atoms with E-state index in [9.17, 15) is 0 Å². The van der Waals surface area contributed by atoms with Gasteiger partial charge in [-0.1, -0.05) is 12.1 Å². The van der Waals surface area contributed by atoms with Crippen molar-refractivity contribution >= 4 is 23.0 Å². The number of hydrogen-bond acceptors (Lipinski definition) is 3. The SMILES string of the molecule is Br.COc1ccc(C2OC(=N)N3CCCCC23)cc1. The first-order valence-electron chi connectivity index (χ1n) is 6.45. The molecule has 0 aromatic heterocycles. The van der Waals surface area contributed by atoms with Gasteiger partial charge in [0.15, 0.2) is 0 Å². The third-order valence-corrected chi connectivity index (χ3v) is 3.84. The first-order chi connectivity index (χ1) is 8.79. The number of fused-ring (bicyclic) bond motifs is 1. The third kappa shape index (κ3) is 2.56. The molecule has 2 aliphatic heterocycles. The molecule has 1 aromatic carbocycles. The molecule has 1 aromatic rings. The summed E-state index contributed by atoms with van der Waals surface area (Å²) in [7, 11) is 1.67. The van der Waals surface area contributed by atoms with E-state index in [0.717, 1.165) is 30.7 Å². The van der Waals surface area contributed by atoms with Crippen molar-refractivity contribution in [3.05, 3.63) is 29.8 Å². The van der Waals surface area contributed by atoms with Crippen LogP contribution < -0.4 is 4.74 Å². The number of methoxy groups -OCH3 is 1. The minimum atomic E-state index is 0. The van der Waals surface area contributed by atoms with E-state index in [1.54, 1.807) is 7.11 Å². The molecule has 2 unspecified atom stereocenters. The number of nitrogens with one attached hydrogen (secondary N) is 1. The van der Waals surface area contributed by atoms with E-state index < -0.39 is 0 Å². The average Bonchev–Trinajstić information content (AvgIpc) is 2.77. The summed E-state index contributed by atoms with van der Waals surface area (Å²) >= 11 is 0. The van der Waals surface area contributed by atoms with Crippen LogP contribution in [0.1, 0.15) is 30.9 Å². The molecule has 104 valence electrons. The standard InChI is InChI=1S/C14H18N2O2.BrH/c1-17-11-7-5-10(6-8-11)13-12-4-2-3-9-16(12)14(15)18-13;/h5-8,12-13,15H,2-4,9H2,1H3;1H. The summed E-state index contributed by atoms with van der Waals surface area (Å²) in [5.41, 5.74) is 1.13. The van der Waals surface area contributed by atoms with Crippen LogP contribution in [0.5, 0.6) is 5.75 Å². The van der Waals surface area contributed by atoms with E-state index >= 15 is 0 Å². The van der Waals surface area contributed by atoms with Crippen LogP contribution in [-0.4, -0.2) is 30.6 Å². The third-order valence-electron chi connectivity index (χ3n) is 3.84. The van der Waals surface area contributed by atoms with Crippen molar-refractivity contribution in [2.45, 2.75) is 31.4 Å². The molecule has 0 saturated carbocycles. The van der Waals surface area contributed by atoms with Gasteiger partial charge in [0, 0.05) is 6.54 Å². The summed E-state index contributed by atoms with van der Waals surface area (Å²) in [5, 5.41) is 7.91. The molecule has 0 bridgehead atoms. The maximum Gasteiger partial charge on any atom is 0.285 e. The lowest BCUT2D eigenvalue weighted by Gasteiger charge is -2.29. The van der Waals surface area contributed by atoms with E-state index in [1.165, 1.54) is 6.42 Å². The van der Waals surface area contributed by atoms with Gasteiger partial charge in [-0.2, -0.15) is 0 Å². The van der Waals surface area contributed by atoms with Crippen molar-refractivity contribution in [3.8, 4) is 5.75 Å². The second-order valence-corrected chi connectivity index (χ2v) is 4.87. The summed E-state index contributed by atoms with van der Waals surface area (Å²) in [4.78, 5) is 2.10. The second kappa shape index (κ2) is 5.82. The topological polar surface area (TPSA) is 45.6 Å². The fourth-order valence-corrected chi connectivity index (χ4v) is 2.87. The molecule has 19 heavy (non-hydrogen) atoms. The summed E-state index contributed by atoms with van der Waals surface area (Å²) in [5.74, 6) is 0.854. The van der Waals surface area contributed by atoms with Crippen LogP contribution in [0.4, 0.5) is 0 Å². The Morgan fingerprint density at radius 2 is 2.00 bits per heavy atom. The zero-order valence-corrected chi connectivity index (χ0v) is 12.7. The highest BCUT2D eigenvalue weighted by Gasteiger charge is 2.41. The van der Waals surface area contributed by atoms with Crippen LogP contribution in [-0.2, 0) is 4.74 Å². The van der Waals surface area contributed by atoms with Gasteiger partial charge in [0.2, 0.25) is 0 Å². The Morgan fingerprint density at radius 1 is 1.26 bits per heavy atom. The molecule has 2 fully saturated rings. The van der Waals surface area contributed by atoms with E-state index in [2.05, 4.69) is 4.90 Å². The first kappa shape index (κ1) is 14.2. The minimum Gasteiger partial charge on any atom is -0.497 e. The lowest BCUT2D eigenvalue weighted by atomic mass is 9.94. The Balaban J connectivity index is 0.00000133. The smallest absolute Gasteiger partial charge is 0.285 e. The van der Waals surface area contributed by atoms with E-state index in [0.29, 0.717) is 12.1 Å². The van der Waals surface area contributed by atoms with Gasteiger partial charge in [0.25, 0.3) is 6.02 Å². The average molecular weight is 327 g/mol. The molecule has 2 saturated heterocycles. The molecule has 2 atom stereocenters. The van der Waals surface area contributed by atoms with Gasteiger partial charge >= 0.3 is 0 Å². The number of nitrogens with zero attached hydrogens (tertiary/aromatic N) is 1. The van der Waals surface area contributed by atoms with Crippen LogP contribution >= 0.6 is 17.0 Å². The van der Waals surface area contributed by atoms with Crippen LogP contribution in [0.2, 0.25) is 0 Å². The van der Waals surface area contributed by atoms with Gasteiger partial charge < -0.3 is 14.4 Å². The number of halogens is 1. The number of benzene rings is 1. The summed E-state index contributed by atoms with van der Waals surface area (Å²) in [6.45, 7) is 0.955. The molecule has 0 radical (unpaired) electrons. The van der Waals surface area contributed by atoms with Crippen LogP contribution in [0.15, 0.2) is 24.3 Å². The number of ether oxygens (including phenoxy) is 2. The Morgan fingerprint density at radius 3 is 2.68 bits per heavy atom. The highest BCUT2D eigenvalue weighted by Crippen LogP contribution is 2.37. The number of rotatable bonds is 2. The predicted octanol–water partition coefficient (Wildman–Crippen LogP) is 3.13. The quantitative estimate of drug-likeness (QED) is 0.908. The molecule has 2 heterocycles. The molecule has 5 heteroatoms. The van der Waals surface area contributed by atoms with E-state index in [-0.39, 0.29) is 23.1 Å². The molecule has 0 spiro atoms. The molecule has 0 aliphatic carbocycles. The highest BCUT2D eigenvalue weighted by atomic mass is 79.9. The summed E-state index contributed by atoms with van der Waals surface area (Å²) < 4.78 is 10.9. The Bertz CT molecular complexity index is 449. The van der Waals surface area contributed by atoms with Crippen LogP contribution in [0.3, 0.4) is 0 Å². The number of hydrogen-bond donors (Lipinski definition) is 1. The zero-order chi connectivity index (χ0) is 12.5. The first-order valence-corrected chi connectivity index (χ1v) is 6.45. The number of piperidine rings is 1. The zero-order valence-electron chi connectivity index (χ0n) is 11.0. The van der Waals surface area contributed by atoms with Gasteiger partial charge in [-0.3, -0.25) is 5.41 Å². The molecular weight excluding hydrogens is 308 g/mol. The minimum absolute atomic E-state index is 0. The van der Waals surface area contributed by atoms with Crippen molar-refractivity contribution in [3.63, 3.8) is 0 Å². The Kier molecular flexibility index (Phi) is 4.34. The van der Waals surface area contributed by atoms with Gasteiger partial charge in [0.05, 0.1) is 13.2 Å². The summed E-state index contributed by atoms with van der Waals surface area (Å²) in [6.07, 6.45) is 3.50. The lowest BCUT2D eigenvalue weighted by Crippen LogP contribution is -2.38. The second-order valence-electron chi connectivity index (χ2n) is 4.87. The van der Waals surface area contributed by atoms with Crippen molar-refractivity contribution in [2.75, 3.05) is 13.7 Å². The van der Waals surface area contributed by atoms with Gasteiger partial charge in [-0.15, -0.1) is 17.0 Å². The van der Waals surface area contributed by atoms with E-state index in [1.807, 2.05) is 24.3 Å². The lowest BCUT2D eigenvalue weighted by molar-refractivity contribution is 0.167. The Hall–Kier alpha value is -1.23. The molecule has 1 N–H and O–H groups in total. The molecule has 4 nitrogen and oxygen atoms in total. The fourth-order valence-electron chi connectivity index (χ4n) is 2.87. The highest BCUT2D eigenvalue weighted by molar-refractivity contribution is 8.93.